The number of ether oxygens (including phenoxy) is 1. The molecule has 1 aromatic carbocycles. The smallest absolute Gasteiger partial charge is 0.240 e. The number of methoxy groups -OCH3 is 1. The average Bonchev–Trinajstić information content (AvgIpc) is 2.67. The summed E-state index contributed by atoms with van der Waals surface area (Å²) in [5, 5.41) is 6.55. The Bertz CT molecular complexity index is 727. The zero-order chi connectivity index (χ0) is 21.9. The number of guanidine groups is 1. The number of nitrogens with one attached hydrogen (secondary N) is 3. The zero-order valence-corrected chi connectivity index (χ0v) is 19.3. The standard InChI is InChI=1S/C20H37N5O3S/c1-16(2)25(17(3)4)12-10-22-20(21-5)23-15-18-8-7-9-19(14-18)29(26,27)24-11-13-28-6/h7-9,14,16-17,24H,10-13,15H2,1-6H3,(H2,21,22,23). The molecule has 0 aliphatic rings. The lowest BCUT2D eigenvalue weighted by Gasteiger charge is -2.30. The monoisotopic (exact) mass is 427 g/mol. The second-order valence-electron chi connectivity index (χ2n) is 7.32. The van der Waals surface area contributed by atoms with Crippen molar-refractivity contribution < 1.29 is 13.2 Å². The highest BCUT2D eigenvalue weighted by molar-refractivity contribution is 7.89. The number of sulfonamides is 1. The van der Waals surface area contributed by atoms with Gasteiger partial charge < -0.3 is 15.4 Å². The highest BCUT2D eigenvalue weighted by Gasteiger charge is 2.14. The molecule has 0 fully saturated rings. The number of aliphatic imine (C=N–C) groups is 1. The third kappa shape index (κ3) is 9.12. The van der Waals surface area contributed by atoms with E-state index in [9.17, 15) is 8.42 Å². The zero-order valence-electron chi connectivity index (χ0n) is 18.5. The number of nitrogens with zero attached hydrogens (tertiary/aromatic N) is 2. The van der Waals surface area contributed by atoms with Gasteiger partial charge in [-0.1, -0.05) is 12.1 Å². The molecule has 8 nitrogen and oxygen atoms in total. The van der Waals surface area contributed by atoms with Gasteiger partial charge in [0.1, 0.15) is 0 Å². The van der Waals surface area contributed by atoms with Crippen molar-refractivity contribution in [2.24, 2.45) is 4.99 Å². The van der Waals surface area contributed by atoms with Crippen molar-refractivity contribution in [1.82, 2.24) is 20.3 Å². The van der Waals surface area contributed by atoms with Crippen LogP contribution in [-0.2, 0) is 21.3 Å². The molecule has 29 heavy (non-hydrogen) atoms. The molecule has 0 saturated heterocycles. The average molecular weight is 428 g/mol. The van der Waals surface area contributed by atoms with Crippen molar-refractivity contribution in [2.75, 3.05) is 40.4 Å². The molecule has 0 spiro atoms. The summed E-state index contributed by atoms with van der Waals surface area (Å²) in [7, 11) is -0.295. The van der Waals surface area contributed by atoms with Crippen LogP contribution in [0.5, 0.6) is 0 Å². The van der Waals surface area contributed by atoms with Crippen molar-refractivity contribution in [3.63, 3.8) is 0 Å². The molecule has 0 aromatic heterocycles. The number of hydrogen-bond acceptors (Lipinski definition) is 5. The van der Waals surface area contributed by atoms with E-state index < -0.39 is 10.0 Å². The topological polar surface area (TPSA) is 95.1 Å². The first-order valence-corrected chi connectivity index (χ1v) is 11.5. The Labute approximate surface area is 176 Å². The minimum atomic E-state index is -3.55. The Kier molecular flexibility index (Phi) is 11.2. The van der Waals surface area contributed by atoms with Crippen LogP contribution in [0.1, 0.15) is 33.3 Å². The molecule has 0 saturated carbocycles. The fourth-order valence-corrected chi connectivity index (χ4v) is 4.09. The molecule has 166 valence electrons. The van der Waals surface area contributed by atoms with Gasteiger partial charge in [0.15, 0.2) is 5.96 Å². The Morgan fingerprint density at radius 1 is 1.14 bits per heavy atom. The van der Waals surface area contributed by atoms with Crippen molar-refractivity contribution >= 4 is 16.0 Å². The van der Waals surface area contributed by atoms with Gasteiger partial charge in [-0.05, 0) is 45.4 Å². The van der Waals surface area contributed by atoms with Gasteiger partial charge in [0.2, 0.25) is 10.0 Å². The van der Waals surface area contributed by atoms with E-state index in [1.165, 1.54) is 7.11 Å². The first-order chi connectivity index (χ1) is 13.7. The molecular weight excluding hydrogens is 390 g/mol. The number of hydrogen-bond donors (Lipinski definition) is 3. The fraction of sp³-hybridized carbons (Fsp3) is 0.650. The summed E-state index contributed by atoms with van der Waals surface area (Å²) in [5.41, 5.74) is 0.855. The Hall–Kier alpha value is -1.68. The van der Waals surface area contributed by atoms with Crippen molar-refractivity contribution in [1.29, 1.82) is 0 Å². The van der Waals surface area contributed by atoms with Gasteiger partial charge in [-0.25, -0.2) is 13.1 Å². The third-order valence-electron chi connectivity index (χ3n) is 4.48. The van der Waals surface area contributed by atoms with Crippen LogP contribution in [-0.4, -0.2) is 71.8 Å². The summed E-state index contributed by atoms with van der Waals surface area (Å²) in [6.07, 6.45) is 0. The first kappa shape index (κ1) is 25.4. The summed E-state index contributed by atoms with van der Waals surface area (Å²) < 4.78 is 32.1. The summed E-state index contributed by atoms with van der Waals surface area (Å²) in [4.78, 5) is 6.89. The van der Waals surface area contributed by atoms with Crippen LogP contribution in [0.3, 0.4) is 0 Å². The SMILES string of the molecule is CN=C(NCCN(C(C)C)C(C)C)NCc1cccc(S(=O)(=O)NCCOC)c1. The molecule has 0 amide bonds. The molecule has 0 unspecified atom stereocenters. The maximum atomic E-state index is 12.3. The molecule has 3 N–H and O–H groups in total. The van der Waals surface area contributed by atoms with Crippen molar-refractivity contribution in [3.8, 4) is 0 Å². The van der Waals surface area contributed by atoms with Gasteiger partial charge in [0.05, 0.1) is 11.5 Å². The summed E-state index contributed by atoms with van der Waals surface area (Å²) in [6, 6.07) is 7.82. The van der Waals surface area contributed by atoms with Crippen LogP contribution in [0.4, 0.5) is 0 Å². The number of rotatable bonds is 12. The molecule has 0 radical (unpaired) electrons. The van der Waals surface area contributed by atoms with E-state index in [0.29, 0.717) is 31.2 Å². The summed E-state index contributed by atoms with van der Waals surface area (Å²) in [5.74, 6) is 0.684. The maximum Gasteiger partial charge on any atom is 0.240 e. The largest absolute Gasteiger partial charge is 0.383 e. The van der Waals surface area contributed by atoms with Gasteiger partial charge in [-0.3, -0.25) is 9.89 Å². The van der Waals surface area contributed by atoms with E-state index in [1.807, 2.05) is 6.07 Å². The highest BCUT2D eigenvalue weighted by Crippen LogP contribution is 2.11. The second-order valence-corrected chi connectivity index (χ2v) is 9.08. The van der Waals surface area contributed by atoms with Gasteiger partial charge in [-0.15, -0.1) is 0 Å². The van der Waals surface area contributed by atoms with Crippen LogP contribution in [0.25, 0.3) is 0 Å². The normalized spacial score (nSPS) is 12.8. The minimum Gasteiger partial charge on any atom is -0.383 e. The second kappa shape index (κ2) is 12.8. The van der Waals surface area contributed by atoms with Crippen LogP contribution in [0.2, 0.25) is 0 Å². The summed E-state index contributed by atoms with van der Waals surface area (Å²) >= 11 is 0. The maximum absolute atomic E-state index is 12.3. The van der Waals surface area contributed by atoms with Crippen LogP contribution in [0, 0.1) is 0 Å². The molecule has 0 bridgehead atoms. The van der Waals surface area contributed by atoms with Crippen LogP contribution < -0.4 is 15.4 Å². The van der Waals surface area contributed by atoms with E-state index in [1.54, 1.807) is 25.2 Å². The first-order valence-electron chi connectivity index (χ1n) is 9.99. The Morgan fingerprint density at radius 3 is 2.41 bits per heavy atom. The van der Waals surface area contributed by atoms with E-state index in [0.717, 1.165) is 18.7 Å². The minimum absolute atomic E-state index is 0.236. The van der Waals surface area contributed by atoms with Gasteiger partial charge in [-0.2, -0.15) is 0 Å². The van der Waals surface area contributed by atoms with Crippen LogP contribution in [0.15, 0.2) is 34.2 Å². The quantitative estimate of drug-likeness (QED) is 0.265. The third-order valence-corrected chi connectivity index (χ3v) is 5.94. The molecule has 9 heteroatoms. The molecule has 1 rings (SSSR count). The molecule has 0 aliphatic carbocycles. The highest BCUT2D eigenvalue weighted by atomic mass is 32.2. The van der Waals surface area contributed by atoms with Gasteiger partial charge >= 0.3 is 0 Å². The molecule has 1 aromatic rings. The predicted molar refractivity (Wildman–Crippen MR) is 119 cm³/mol. The van der Waals surface area contributed by atoms with Gasteiger partial charge in [0, 0.05) is 52.4 Å². The lowest BCUT2D eigenvalue weighted by atomic mass is 10.2. The summed E-state index contributed by atoms with van der Waals surface area (Å²) in [6.45, 7) is 11.5. The lowest BCUT2D eigenvalue weighted by molar-refractivity contribution is 0.178. The lowest BCUT2D eigenvalue weighted by Crippen LogP contribution is -2.45. The van der Waals surface area contributed by atoms with Crippen molar-refractivity contribution in [2.45, 2.75) is 51.2 Å². The predicted octanol–water partition coefficient (Wildman–Crippen LogP) is 1.40. The van der Waals surface area contributed by atoms with E-state index in [-0.39, 0.29) is 11.4 Å². The molecular formula is C20H37N5O3S. The van der Waals surface area contributed by atoms with Crippen LogP contribution >= 0.6 is 0 Å². The fourth-order valence-electron chi connectivity index (χ4n) is 3.01. The Balaban J connectivity index is 2.61. The Morgan fingerprint density at radius 2 is 1.83 bits per heavy atom. The molecule has 0 atom stereocenters. The molecule has 0 aliphatic heterocycles. The van der Waals surface area contributed by atoms with E-state index in [4.69, 9.17) is 4.74 Å². The van der Waals surface area contributed by atoms with E-state index in [2.05, 4.69) is 52.9 Å². The van der Waals surface area contributed by atoms with Gasteiger partial charge in [0.25, 0.3) is 0 Å². The number of benzene rings is 1. The van der Waals surface area contributed by atoms with E-state index >= 15 is 0 Å². The van der Waals surface area contributed by atoms with Crippen molar-refractivity contribution in [3.05, 3.63) is 29.8 Å². The molecule has 0 heterocycles.